The Morgan fingerprint density at radius 1 is 1.40 bits per heavy atom. The number of carbonyl (C=O) groups is 1. The third-order valence-electron chi connectivity index (χ3n) is 2.71. The van der Waals surface area contributed by atoms with Crippen LogP contribution in [-0.2, 0) is 16.0 Å². The predicted octanol–water partition coefficient (Wildman–Crippen LogP) is 2.80. The molecule has 110 valence electrons. The van der Waals surface area contributed by atoms with Gasteiger partial charge in [0.25, 0.3) is 0 Å². The number of aryl methyl sites for hydroxylation is 1. The standard InChI is InChI=1S/C15H21NO4/c1-11(2)20-15(17)14(16-18)9-5-7-12-6-4-8-13(10-12)19-3/h4,6,8,10-11,18H,5,7,9H2,1-3H3/b16-14+. The van der Waals surface area contributed by atoms with Crippen molar-refractivity contribution in [3.63, 3.8) is 0 Å². The molecule has 1 rings (SSSR count). The first-order chi connectivity index (χ1) is 9.56. The van der Waals surface area contributed by atoms with Crippen molar-refractivity contribution in [3.05, 3.63) is 29.8 Å². The lowest BCUT2D eigenvalue weighted by molar-refractivity contribution is -0.139. The fraction of sp³-hybridized carbons (Fsp3) is 0.467. The molecular weight excluding hydrogens is 258 g/mol. The molecule has 0 unspecified atom stereocenters. The molecule has 1 aromatic carbocycles. The van der Waals surface area contributed by atoms with Crippen LogP contribution in [-0.4, -0.2) is 30.1 Å². The van der Waals surface area contributed by atoms with E-state index in [1.165, 1.54) is 0 Å². The zero-order valence-corrected chi connectivity index (χ0v) is 12.1. The van der Waals surface area contributed by atoms with Crippen LogP contribution in [0.1, 0.15) is 32.3 Å². The van der Waals surface area contributed by atoms with Crippen LogP contribution in [0.3, 0.4) is 0 Å². The molecule has 0 aliphatic heterocycles. The molecule has 0 radical (unpaired) electrons. The molecule has 0 heterocycles. The van der Waals surface area contributed by atoms with Crippen LogP contribution in [0, 0.1) is 0 Å². The highest BCUT2D eigenvalue weighted by atomic mass is 16.5. The van der Waals surface area contributed by atoms with Crippen molar-refractivity contribution in [1.29, 1.82) is 0 Å². The number of methoxy groups -OCH3 is 1. The van der Waals surface area contributed by atoms with Crippen molar-refractivity contribution in [2.75, 3.05) is 7.11 Å². The van der Waals surface area contributed by atoms with E-state index in [4.69, 9.17) is 14.7 Å². The van der Waals surface area contributed by atoms with Crippen molar-refractivity contribution in [1.82, 2.24) is 0 Å². The first-order valence-electron chi connectivity index (χ1n) is 6.61. The van der Waals surface area contributed by atoms with Gasteiger partial charge in [-0.05, 0) is 44.4 Å². The number of oxime groups is 1. The summed E-state index contributed by atoms with van der Waals surface area (Å²) in [7, 11) is 1.62. The van der Waals surface area contributed by atoms with E-state index in [1.807, 2.05) is 24.3 Å². The third-order valence-corrected chi connectivity index (χ3v) is 2.71. The Bertz CT molecular complexity index is 469. The molecule has 5 nitrogen and oxygen atoms in total. The highest BCUT2D eigenvalue weighted by molar-refractivity contribution is 6.36. The molecule has 0 spiro atoms. The quantitative estimate of drug-likeness (QED) is 0.361. The molecule has 0 aromatic heterocycles. The van der Waals surface area contributed by atoms with Crippen LogP contribution >= 0.6 is 0 Å². The predicted molar refractivity (Wildman–Crippen MR) is 76.4 cm³/mol. The van der Waals surface area contributed by atoms with Gasteiger partial charge >= 0.3 is 5.97 Å². The fourth-order valence-corrected chi connectivity index (χ4v) is 1.76. The molecular formula is C15H21NO4. The monoisotopic (exact) mass is 279 g/mol. The van der Waals surface area contributed by atoms with Gasteiger partial charge in [-0.15, -0.1) is 0 Å². The Morgan fingerprint density at radius 3 is 2.75 bits per heavy atom. The van der Waals surface area contributed by atoms with Gasteiger partial charge in [0.05, 0.1) is 13.2 Å². The van der Waals surface area contributed by atoms with Crippen LogP contribution in [0.2, 0.25) is 0 Å². The van der Waals surface area contributed by atoms with E-state index in [0.29, 0.717) is 12.8 Å². The molecule has 5 heteroatoms. The number of benzene rings is 1. The zero-order chi connectivity index (χ0) is 15.0. The van der Waals surface area contributed by atoms with E-state index in [1.54, 1.807) is 21.0 Å². The molecule has 0 amide bonds. The highest BCUT2D eigenvalue weighted by Crippen LogP contribution is 2.14. The molecule has 0 atom stereocenters. The summed E-state index contributed by atoms with van der Waals surface area (Å²) in [6.45, 7) is 3.51. The number of ether oxygens (including phenoxy) is 2. The summed E-state index contributed by atoms with van der Waals surface area (Å²) in [5.41, 5.74) is 1.17. The van der Waals surface area contributed by atoms with Gasteiger partial charge in [0.2, 0.25) is 0 Å². The molecule has 0 bridgehead atoms. The van der Waals surface area contributed by atoms with Crippen molar-refractivity contribution in [3.8, 4) is 5.75 Å². The number of nitrogens with zero attached hydrogens (tertiary/aromatic N) is 1. The average Bonchev–Trinajstić information content (AvgIpc) is 2.43. The Hall–Kier alpha value is -2.04. The number of carbonyl (C=O) groups excluding carboxylic acids is 1. The van der Waals surface area contributed by atoms with Crippen LogP contribution < -0.4 is 4.74 Å². The summed E-state index contributed by atoms with van der Waals surface area (Å²) < 4.78 is 10.1. The lowest BCUT2D eigenvalue weighted by atomic mass is 10.1. The Balaban J connectivity index is 2.47. The molecule has 0 saturated heterocycles. The van der Waals surface area contributed by atoms with E-state index in [-0.39, 0.29) is 11.8 Å². The first kappa shape index (κ1) is 16.0. The van der Waals surface area contributed by atoms with Crippen LogP contribution in [0.4, 0.5) is 0 Å². The normalized spacial score (nSPS) is 11.5. The molecule has 0 fully saturated rings. The number of esters is 1. The van der Waals surface area contributed by atoms with Gasteiger partial charge in [-0.2, -0.15) is 0 Å². The topological polar surface area (TPSA) is 68.1 Å². The molecule has 0 saturated carbocycles. The van der Waals surface area contributed by atoms with Gasteiger partial charge in [0.1, 0.15) is 5.75 Å². The molecule has 1 N–H and O–H groups in total. The van der Waals surface area contributed by atoms with E-state index >= 15 is 0 Å². The van der Waals surface area contributed by atoms with Gasteiger partial charge in [0, 0.05) is 6.42 Å². The minimum Gasteiger partial charge on any atom is -0.497 e. The number of rotatable bonds is 7. The van der Waals surface area contributed by atoms with Crippen molar-refractivity contribution in [2.24, 2.45) is 5.16 Å². The summed E-state index contributed by atoms with van der Waals surface area (Å²) in [5, 5.41) is 11.9. The van der Waals surface area contributed by atoms with E-state index in [2.05, 4.69) is 5.16 Å². The number of hydrogen-bond acceptors (Lipinski definition) is 5. The maximum Gasteiger partial charge on any atom is 0.356 e. The zero-order valence-electron chi connectivity index (χ0n) is 12.1. The van der Waals surface area contributed by atoms with Gasteiger partial charge in [-0.3, -0.25) is 0 Å². The summed E-state index contributed by atoms with van der Waals surface area (Å²) >= 11 is 0. The number of hydrogen-bond donors (Lipinski definition) is 1. The maximum absolute atomic E-state index is 11.6. The summed E-state index contributed by atoms with van der Waals surface area (Å²) in [6, 6.07) is 7.74. The van der Waals surface area contributed by atoms with E-state index in [0.717, 1.165) is 17.7 Å². The Labute approximate surface area is 119 Å². The molecule has 0 aliphatic carbocycles. The second-order valence-corrected chi connectivity index (χ2v) is 4.71. The summed E-state index contributed by atoms with van der Waals surface area (Å²) in [5.74, 6) is 0.242. The van der Waals surface area contributed by atoms with Gasteiger partial charge < -0.3 is 14.7 Å². The van der Waals surface area contributed by atoms with Crippen molar-refractivity contribution < 1.29 is 19.5 Å². The smallest absolute Gasteiger partial charge is 0.356 e. The maximum atomic E-state index is 11.6. The van der Waals surface area contributed by atoms with Crippen LogP contribution in [0.15, 0.2) is 29.4 Å². The Morgan fingerprint density at radius 2 is 2.15 bits per heavy atom. The Kier molecular flexibility index (Phi) is 6.56. The molecule has 0 aliphatic rings. The van der Waals surface area contributed by atoms with Gasteiger partial charge in [-0.1, -0.05) is 17.3 Å². The molecule has 20 heavy (non-hydrogen) atoms. The van der Waals surface area contributed by atoms with Gasteiger partial charge in [0.15, 0.2) is 5.71 Å². The fourth-order valence-electron chi connectivity index (χ4n) is 1.76. The third kappa shape index (κ3) is 5.30. The van der Waals surface area contributed by atoms with Crippen LogP contribution in [0.5, 0.6) is 5.75 Å². The minimum atomic E-state index is -0.562. The largest absolute Gasteiger partial charge is 0.497 e. The van der Waals surface area contributed by atoms with Crippen LogP contribution in [0.25, 0.3) is 0 Å². The highest BCUT2D eigenvalue weighted by Gasteiger charge is 2.15. The second-order valence-electron chi connectivity index (χ2n) is 4.71. The summed E-state index contributed by atoms with van der Waals surface area (Å²) in [4.78, 5) is 11.6. The SMILES string of the molecule is COc1cccc(CCC/C(=N\O)C(=O)OC(C)C)c1. The second kappa shape index (κ2) is 8.19. The van der Waals surface area contributed by atoms with Crippen molar-refractivity contribution in [2.45, 2.75) is 39.2 Å². The minimum absolute atomic E-state index is 0.0570. The van der Waals surface area contributed by atoms with Gasteiger partial charge in [-0.25, -0.2) is 4.79 Å². The first-order valence-corrected chi connectivity index (χ1v) is 6.61. The van der Waals surface area contributed by atoms with E-state index in [9.17, 15) is 4.79 Å². The lowest BCUT2D eigenvalue weighted by Gasteiger charge is -2.09. The average molecular weight is 279 g/mol. The summed E-state index contributed by atoms with van der Waals surface area (Å²) in [6.07, 6.45) is 1.61. The lowest BCUT2D eigenvalue weighted by Crippen LogP contribution is -2.21. The van der Waals surface area contributed by atoms with E-state index < -0.39 is 5.97 Å². The molecule has 1 aromatic rings. The van der Waals surface area contributed by atoms with Crippen molar-refractivity contribution >= 4 is 11.7 Å².